The summed E-state index contributed by atoms with van der Waals surface area (Å²) in [5.74, 6) is 0.427. The quantitative estimate of drug-likeness (QED) is 0.867. The van der Waals surface area contributed by atoms with Crippen LogP contribution in [0, 0.1) is 5.82 Å². The van der Waals surface area contributed by atoms with E-state index in [1.807, 2.05) is 12.1 Å². The molecular weight excluding hydrogens is 339 g/mol. The summed E-state index contributed by atoms with van der Waals surface area (Å²) in [7, 11) is 0. The number of nitrogens with zero attached hydrogens (tertiary/aromatic N) is 1. The number of aromatic nitrogens is 1. The van der Waals surface area contributed by atoms with Crippen LogP contribution in [0.25, 0.3) is 0 Å². The van der Waals surface area contributed by atoms with Gasteiger partial charge in [0.2, 0.25) is 0 Å². The predicted octanol–water partition coefficient (Wildman–Crippen LogP) is 4.49. The lowest BCUT2D eigenvalue weighted by molar-refractivity contribution is 0.627. The van der Waals surface area contributed by atoms with Crippen molar-refractivity contribution in [2.45, 2.75) is 0 Å². The average Bonchev–Trinajstić information content (AvgIpc) is 2.25. The third kappa shape index (κ3) is 2.80. The van der Waals surface area contributed by atoms with Crippen molar-refractivity contribution >= 4 is 43.4 Å². The second kappa shape index (κ2) is 4.93. The van der Waals surface area contributed by atoms with Crippen LogP contribution in [0.1, 0.15) is 0 Å². The van der Waals surface area contributed by atoms with Gasteiger partial charge in [-0.25, -0.2) is 9.37 Å². The van der Waals surface area contributed by atoms with E-state index in [1.165, 1.54) is 12.1 Å². The highest BCUT2D eigenvalue weighted by atomic mass is 79.9. The summed E-state index contributed by atoms with van der Waals surface area (Å²) in [5.41, 5.74) is 0.774. The van der Waals surface area contributed by atoms with E-state index in [-0.39, 0.29) is 5.82 Å². The van der Waals surface area contributed by atoms with Gasteiger partial charge in [0, 0.05) is 15.1 Å². The lowest BCUT2D eigenvalue weighted by Gasteiger charge is -2.07. The number of hydrogen-bond acceptors (Lipinski definition) is 2. The lowest BCUT2D eigenvalue weighted by atomic mass is 10.3. The first kappa shape index (κ1) is 11.5. The molecule has 0 saturated carbocycles. The summed E-state index contributed by atoms with van der Waals surface area (Å²) in [5, 5.41) is 3.08. The van der Waals surface area contributed by atoms with Crippen molar-refractivity contribution in [1.82, 2.24) is 4.98 Å². The molecule has 2 rings (SSSR count). The molecule has 1 aromatic heterocycles. The van der Waals surface area contributed by atoms with Gasteiger partial charge in [-0.3, -0.25) is 0 Å². The summed E-state index contributed by atoms with van der Waals surface area (Å²) >= 11 is 6.59. The highest BCUT2D eigenvalue weighted by molar-refractivity contribution is 9.10. The van der Waals surface area contributed by atoms with Crippen molar-refractivity contribution in [2.75, 3.05) is 5.32 Å². The van der Waals surface area contributed by atoms with Crippen LogP contribution in [0.3, 0.4) is 0 Å². The van der Waals surface area contributed by atoms with E-state index >= 15 is 0 Å². The molecule has 0 aliphatic heterocycles. The van der Waals surface area contributed by atoms with Gasteiger partial charge in [0.25, 0.3) is 0 Å². The Kier molecular flexibility index (Phi) is 3.56. The van der Waals surface area contributed by atoms with Crippen molar-refractivity contribution < 1.29 is 4.39 Å². The monoisotopic (exact) mass is 344 g/mol. The van der Waals surface area contributed by atoms with Gasteiger partial charge >= 0.3 is 0 Å². The lowest BCUT2D eigenvalue weighted by Crippen LogP contribution is -1.94. The number of nitrogens with one attached hydrogen (secondary N) is 1. The Bertz CT molecular complexity index is 500. The second-order valence-electron chi connectivity index (χ2n) is 3.11. The van der Waals surface area contributed by atoms with Crippen LogP contribution in [-0.4, -0.2) is 4.98 Å². The van der Waals surface area contributed by atoms with Gasteiger partial charge in [-0.2, -0.15) is 0 Å². The van der Waals surface area contributed by atoms with E-state index < -0.39 is 0 Å². The standard InChI is InChI=1S/C11H7Br2FN2/c12-7-1-4-11(15-6-7)16-10-3-2-8(14)5-9(10)13/h1-6H,(H,15,16). The minimum atomic E-state index is -0.277. The van der Waals surface area contributed by atoms with Crippen molar-refractivity contribution in [3.63, 3.8) is 0 Å². The molecule has 82 valence electrons. The molecule has 0 aliphatic rings. The third-order valence-corrected chi connectivity index (χ3v) is 3.05. The number of benzene rings is 1. The average molecular weight is 346 g/mol. The maximum Gasteiger partial charge on any atom is 0.130 e. The van der Waals surface area contributed by atoms with Gasteiger partial charge in [0.05, 0.1) is 5.69 Å². The largest absolute Gasteiger partial charge is 0.339 e. The van der Waals surface area contributed by atoms with E-state index in [4.69, 9.17) is 0 Å². The first-order chi connectivity index (χ1) is 7.65. The summed E-state index contributed by atoms with van der Waals surface area (Å²) < 4.78 is 14.4. The van der Waals surface area contributed by atoms with Crippen LogP contribution < -0.4 is 5.32 Å². The SMILES string of the molecule is Fc1ccc(Nc2ccc(Br)cn2)c(Br)c1. The summed E-state index contributed by atoms with van der Waals surface area (Å²) in [6.45, 7) is 0. The third-order valence-electron chi connectivity index (χ3n) is 1.92. The number of halogens is 3. The molecule has 0 atom stereocenters. The Balaban J connectivity index is 2.23. The maximum absolute atomic E-state index is 12.9. The molecule has 1 heterocycles. The van der Waals surface area contributed by atoms with E-state index in [1.54, 1.807) is 12.3 Å². The van der Waals surface area contributed by atoms with Gasteiger partial charge in [-0.15, -0.1) is 0 Å². The van der Waals surface area contributed by atoms with Crippen LogP contribution in [-0.2, 0) is 0 Å². The molecule has 0 unspecified atom stereocenters. The van der Waals surface area contributed by atoms with E-state index in [0.29, 0.717) is 10.3 Å². The summed E-state index contributed by atoms with van der Waals surface area (Å²) in [4.78, 5) is 4.16. The van der Waals surface area contributed by atoms with Gasteiger partial charge in [-0.1, -0.05) is 0 Å². The minimum Gasteiger partial charge on any atom is -0.339 e. The van der Waals surface area contributed by atoms with E-state index in [2.05, 4.69) is 42.2 Å². The van der Waals surface area contributed by atoms with Crippen molar-refractivity contribution in [1.29, 1.82) is 0 Å². The molecule has 0 bridgehead atoms. The normalized spacial score (nSPS) is 10.2. The zero-order valence-corrected chi connectivity index (χ0v) is 11.2. The molecule has 2 aromatic rings. The molecule has 0 radical (unpaired) electrons. The second-order valence-corrected chi connectivity index (χ2v) is 4.88. The Labute approximate surface area is 109 Å². The Hall–Kier alpha value is -0.940. The smallest absolute Gasteiger partial charge is 0.130 e. The van der Waals surface area contributed by atoms with Crippen LogP contribution in [0.4, 0.5) is 15.9 Å². The first-order valence-corrected chi connectivity index (χ1v) is 6.07. The van der Waals surface area contributed by atoms with Crippen LogP contribution in [0.2, 0.25) is 0 Å². The molecule has 5 heteroatoms. The summed E-state index contributed by atoms with van der Waals surface area (Å²) in [6, 6.07) is 8.17. The fourth-order valence-corrected chi connectivity index (χ4v) is 1.86. The zero-order chi connectivity index (χ0) is 11.5. The van der Waals surface area contributed by atoms with Gasteiger partial charge in [0.15, 0.2) is 0 Å². The number of hydrogen-bond donors (Lipinski definition) is 1. The molecular formula is C11H7Br2FN2. The Morgan fingerprint density at radius 2 is 1.94 bits per heavy atom. The summed E-state index contributed by atoms with van der Waals surface area (Å²) in [6.07, 6.45) is 1.69. The fourth-order valence-electron chi connectivity index (χ4n) is 1.18. The van der Waals surface area contributed by atoms with Crippen LogP contribution in [0.15, 0.2) is 45.5 Å². The van der Waals surface area contributed by atoms with Gasteiger partial charge < -0.3 is 5.32 Å². The highest BCUT2D eigenvalue weighted by Gasteiger charge is 2.02. The van der Waals surface area contributed by atoms with E-state index in [9.17, 15) is 4.39 Å². The Morgan fingerprint density at radius 3 is 2.56 bits per heavy atom. The topological polar surface area (TPSA) is 24.9 Å². The van der Waals surface area contributed by atoms with E-state index in [0.717, 1.165) is 10.2 Å². The predicted molar refractivity (Wildman–Crippen MR) is 69.3 cm³/mol. The molecule has 0 fully saturated rings. The molecule has 1 aromatic carbocycles. The molecule has 0 amide bonds. The number of rotatable bonds is 2. The van der Waals surface area contributed by atoms with Crippen LogP contribution in [0.5, 0.6) is 0 Å². The van der Waals surface area contributed by atoms with Crippen molar-refractivity contribution in [3.05, 3.63) is 51.3 Å². The number of pyridine rings is 1. The molecule has 2 nitrogen and oxygen atoms in total. The van der Waals surface area contributed by atoms with Crippen molar-refractivity contribution in [2.24, 2.45) is 0 Å². The Morgan fingerprint density at radius 1 is 1.12 bits per heavy atom. The minimum absolute atomic E-state index is 0.277. The fraction of sp³-hybridized carbons (Fsp3) is 0. The van der Waals surface area contributed by atoms with Crippen molar-refractivity contribution in [3.8, 4) is 0 Å². The van der Waals surface area contributed by atoms with Gasteiger partial charge in [-0.05, 0) is 62.2 Å². The molecule has 0 saturated heterocycles. The van der Waals surface area contributed by atoms with Gasteiger partial charge in [0.1, 0.15) is 11.6 Å². The molecule has 1 N–H and O–H groups in total. The zero-order valence-electron chi connectivity index (χ0n) is 8.05. The highest BCUT2D eigenvalue weighted by Crippen LogP contribution is 2.26. The first-order valence-electron chi connectivity index (χ1n) is 4.49. The molecule has 16 heavy (non-hydrogen) atoms. The molecule has 0 aliphatic carbocycles. The molecule has 0 spiro atoms. The van der Waals surface area contributed by atoms with Crippen LogP contribution >= 0.6 is 31.9 Å². The number of anilines is 2. The maximum atomic E-state index is 12.9.